The van der Waals surface area contributed by atoms with Gasteiger partial charge in [0.05, 0.1) is 16.8 Å². The van der Waals surface area contributed by atoms with E-state index in [1.807, 2.05) is 0 Å². The fraction of sp³-hybridized carbons (Fsp3) is 0.0882. The third-order valence-corrected chi connectivity index (χ3v) is 15.4. The van der Waals surface area contributed by atoms with Crippen LogP contribution in [-0.2, 0) is 10.8 Å². The molecule has 2 heteroatoms. The minimum absolute atomic E-state index is 0.203. The second kappa shape index (κ2) is 16.6. The van der Waals surface area contributed by atoms with Crippen molar-refractivity contribution in [3.8, 4) is 56.2 Å². The smallest absolute Gasteiger partial charge is 0.161 e. The molecular formula is C68H50N2. The van der Waals surface area contributed by atoms with Crippen LogP contribution in [0.5, 0.6) is 0 Å². The van der Waals surface area contributed by atoms with Crippen LogP contribution >= 0.6 is 0 Å². The van der Waals surface area contributed by atoms with Crippen LogP contribution < -0.4 is 0 Å². The summed E-state index contributed by atoms with van der Waals surface area (Å²) in [5, 5.41) is 0. The quantitative estimate of drug-likeness (QED) is 0.159. The molecule has 0 saturated heterocycles. The van der Waals surface area contributed by atoms with Gasteiger partial charge >= 0.3 is 0 Å². The summed E-state index contributed by atoms with van der Waals surface area (Å²) < 4.78 is 0. The summed E-state index contributed by atoms with van der Waals surface area (Å²) >= 11 is 0. The molecule has 3 aliphatic carbocycles. The Morgan fingerprint density at radius 2 is 0.886 bits per heavy atom. The van der Waals surface area contributed by atoms with E-state index in [1.165, 1.54) is 83.5 Å². The van der Waals surface area contributed by atoms with Crippen molar-refractivity contribution in [1.82, 2.24) is 9.97 Å². The number of aromatic nitrogens is 2. The number of rotatable bonds is 7. The third kappa shape index (κ3) is 6.70. The van der Waals surface area contributed by atoms with E-state index in [1.54, 1.807) is 0 Å². The molecule has 0 amide bonds. The standard InChI is InChI=1S/C68H50N2/c1-67(2)58-29-15-17-31-60(58)68(61-32-18-16-30-59(61)67)57-39-38-51(47-34-36-48(37-35-47)54-41-52(45-20-7-3-8-21-45)40-53(42-54)46-22-9-4-10-23-46)43-56(57)65-55(28-19-33-62(65)68)66-69-63(49-24-11-5-12-25-49)44-64(70-66)50-26-13-6-14-27-50/h3-41,43-44,53H,42H2,1-2H3. The van der Waals surface area contributed by atoms with Crippen LogP contribution in [0, 0.1) is 0 Å². The number of hydrogen-bond donors (Lipinski definition) is 0. The Kier molecular flexibility index (Phi) is 9.92. The molecule has 1 heterocycles. The average molecular weight is 895 g/mol. The minimum atomic E-state index is -0.572. The normalized spacial score (nSPS) is 15.8. The number of allylic oxidation sites excluding steroid dienone is 4. The highest BCUT2D eigenvalue weighted by molar-refractivity contribution is 5.97. The van der Waals surface area contributed by atoms with Crippen molar-refractivity contribution in [2.75, 3.05) is 0 Å². The summed E-state index contributed by atoms with van der Waals surface area (Å²) in [6, 6.07) is 86.6. The van der Waals surface area contributed by atoms with Gasteiger partial charge in [0.2, 0.25) is 0 Å². The third-order valence-electron chi connectivity index (χ3n) is 15.4. The summed E-state index contributed by atoms with van der Waals surface area (Å²) in [6.45, 7) is 4.77. The molecule has 0 saturated carbocycles. The monoisotopic (exact) mass is 894 g/mol. The summed E-state index contributed by atoms with van der Waals surface area (Å²) in [6.07, 6.45) is 5.79. The van der Waals surface area contributed by atoms with Crippen molar-refractivity contribution in [2.24, 2.45) is 0 Å². The van der Waals surface area contributed by atoms with E-state index >= 15 is 0 Å². The number of nitrogens with zero attached hydrogens (tertiary/aromatic N) is 2. The number of hydrogen-bond acceptors (Lipinski definition) is 2. The van der Waals surface area contributed by atoms with E-state index in [2.05, 4.69) is 263 Å². The molecule has 0 bridgehead atoms. The molecule has 0 radical (unpaired) electrons. The second-order valence-corrected chi connectivity index (χ2v) is 19.6. The highest BCUT2D eigenvalue weighted by Crippen LogP contribution is 2.63. The van der Waals surface area contributed by atoms with E-state index in [4.69, 9.17) is 9.97 Å². The number of benzene rings is 9. The van der Waals surface area contributed by atoms with Crippen LogP contribution in [0.1, 0.15) is 76.3 Å². The van der Waals surface area contributed by atoms with E-state index in [-0.39, 0.29) is 11.3 Å². The molecule has 2 nitrogen and oxygen atoms in total. The highest BCUT2D eigenvalue weighted by Gasteiger charge is 2.54. The Balaban J connectivity index is 1.00. The first kappa shape index (κ1) is 41.7. The largest absolute Gasteiger partial charge is 0.228 e. The van der Waals surface area contributed by atoms with Crippen molar-refractivity contribution < 1.29 is 0 Å². The molecule has 1 atom stereocenters. The molecule has 70 heavy (non-hydrogen) atoms. The Hall–Kier alpha value is -8.46. The maximum atomic E-state index is 5.46. The van der Waals surface area contributed by atoms with E-state index in [9.17, 15) is 0 Å². The van der Waals surface area contributed by atoms with Gasteiger partial charge in [-0.25, -0.2) is 9.97 Å². The van der Waals surface area contributed by atoms with Crippen LogP contribution in [0.25, 0.3) is 67.3 Å². The zero-order chi connectivity index (χ0) is 46.8. The van der Waals surface area contributed by atoms with Crippen molar-refractivity contribution >= 4 is 11.1 Å². The molecule has 0 aliphatic heterocycles. The molecular weight excluding hydrogens is 845 g/mol. The summed E-state index contributed by atoms with van der Waals surface area (Å²) in [4.78, 5) is 10.9. The first-order chi connectivity index (χ1) is 34.4. The molecule has 10 aromatic rings. The maximum Gasteiger partial charge on any atom is 0.161 e. The molecule has 13 rings (SSSR count). The molecule has 3 aliphatic rings. The summed E-state index contributed by atoms with van der Waals surface area (Å²) in [5.74, 6) is 1.00. The van der Waals surface area contributed by atoms with E-state index in [0.717, 1.165) is 34.5 Å². The molecule has 0 fully saturated rings. The van der Waals surface area contributed by atoms with Gasteiger partial charge < -0.3 is 0 Å². The van der Waals surface area contributed by atoms with E-state index < -0.39 is 5.41 Å². The first-order valence-electron chi connectivity index (χ1n) is 24.6. The number of fused-ring (bicyclic) bond motifs is 9. The van der Waals surface area contributed by atoms with Gasteiger partial charge in [-0.15, -0.1) is 0 Å². The van der Waals surface area contributed by atoms with Crippen molar-refractivity contribution in [2.45, 2.75) is 37.0 Å². The average Bonchev–Trinajstić information content (AvgIpc) is 3.73. The maximum absolute atomic E-state index is 5.46. The molecule has 1 spiro atoms. The van der Waals surface area contributed by atoms with Gasteiger partial charge in [0, 0.05) is 28.0 Å². The predicted molar refractivity (Wildman–Crippen MR) is 289 cm³/mol. The molecule has 9 aromatic carbocycles. The van der Waals surface area contributed by atoms with Gasteiger partial charge in [-0.2, -0.15) is 0 Å². The fourth-order valence-corrected chi connectivity index (χ4v) is 12.0. The van der Waals surface area contributed by atoms with Crippen LogP contribution in [0.2, 0.25) is 0 Å². The van der Waals surface area contributed by atoms with Gasteiger partial charge in [0.15, 0.2) is 5.82 Å². The van der Waals surface area contributed by atoms with Crippen molar-refractivity contribution in [1.29, 1.82) is 0 Å². The summed E-state index contributed by atoms with van der Waals surface area (Å²) in [7, 11) is 0. The Bertz CT molecular complexity index is 3570. The van der Waals surface area contributed by atoms with Gasteiger partial charge in [0.25, 0.3) is 0 Å². The zero-order valence-corrected chi connectivity index (χ0v) is 39.4. The van der Waals surface area contributed by atoms with Gasteiger partial charge in [-0.1, -0.05) is 250 Å². The Labute approximate surface area is 411 Å². The minimum Gasteiger partial charge on any atom is -0.228 e. The van der Waals surface area contributed by atoms with Crippen LogP contribution in [0.4, 0.5) is 0 Å². The highest BCUT2D eigenvalue weighted by atomic mass is 14.9. The fourth-order valence-electron chi connectivity index (χ4n) is 12.0. The Morgan fingerprint density at radius 1 is 0.386 bits per heavy atom. The lowest BCUT2D eigenvalue weighted by Gasteiger charge is -2.46. The first-order valence-corrected chi connectivity index (χ1v) is 24.6. The molecule has 1 aromatic heterocycles. The van der Waals surface area contributed by atoms with Crippen LogP contribution in [0.3, 0.4) is 0 Å². The lowest BCUT2D eigenvalue weighted by atomic mass is 9.55. The van der Waals surface area contributed by atoms with Crippen molar-refractivity contribution in [3.63, 3.8) is 0 Å². The lowest BCUT2D eigenvalue weighted by molar-refractivity contribution is 0.563. The van der Waals surface area contributed by atoms with Gasteiger partial charge in [-0.05, 0) is 102 Å². The topological polar surface area (TPSA) is 25.8 Å². The summed E-state index contributed by atoms with van der Waals surface area (Å²) in [5.41, 5.74) is 23.3. The Morgan fingerprint density at radius 3 is 1.49 bits per heavy atom. The molecule has 0 N–H and O–H groups in total. The van der Waals surface area contributed by atoms with Gasteiger partial charge in [-0.3, -0.25) is 0 Å². The lowest BCUT2D eigenvalue weighted by Crippen LogP contribution is -2.40. The van der Waals surface area contributed by atoms with Crippen LogP contribution in [0.15, 0.2) is 249 Å². The second-order valence-electron chi connectivity index (χ2n) is 19.6. The predicted octanol–water partition coefficient (Wildman–Crippen LogP) is 16.8. The molecule has 1 unspecified atom stereocenters. The van der Waals surface area contributed by atoms with Crippen LogP contribution in [-0.4, -0.2) is 9.97 Å². The molecule has 332 valence electrons. The SMILES string of the molecule is CC1(C)c2ccccc2C2(c3ccc(-c4ccc(C5=CC(c6ccccc6)=CC(c6ccccc6)C5)cc4)cc3-c3c(-c4nc(-c5ccccc5)cc(-c5ccccc5)n4)cccc32)c2ccccc21. The van der Waals surface area contributed by atoms with E-state index in [0.29, 0.717) is 5.82 Å². The zero-order valence-electron chi connectivity index (χ0n) is 39.4. The van der Waals surface area contributed by atoms with Gasteiger partial charge in [0.1, 0.15) is 0 Å². The van der Waals surface area contributed by atoms with Crippen molar-refractivity contribution in [3.05, 3.63) is 299 Å².